The van der Waals surface area contributed by atoms with Crippen molar-refractivity contribution in [1.82, 2.24) is 4.98 Å². The molecule has 2 heterocycles. The summed E-state index contributed by atoms with van der Waals surface area (Å²) in [6, 6.07) is 2.25. The number of pyridine rings is 1. The quantitative estimate of drug-likeness (QED) is 0.891. The topological polar surface area (TPSA) is 45.1 Å². The molecule has 1 aliphatic heterocycles. The van der Waals surface area contributed by atoms with E-state index in [-0.39, 0.29) is 0 Å². The number of hydrogen-bond acceptors (Lipinski definition) is 4. The largest absolute Gasteiger partial charge is 0.417 e. The molecular formula is C11H13F3N2OS. The summed E-state index contributed by atoms with van der Waals surface area (Å²) in [5, 5.41) is 12.9. The molecule has 0 amide bonds. The minimum absolute atomic E-state index is 0.304. The lowest BCUT2D eigenvalue weighted by Crippen LogP contribution is -2.36. The molecule has 1 atom stereocenters. The number of halogens is 3. The van der Waals surface area contributed by atoms with E-state index in [2.05, 4.69) is 10.3 Å². The van der Waals surface area contributed by atoms with Crippen LogP contribution in [0, 0.1) is 0 Å². The van der Waals surface area contributed by atoms with Crippen LogP contribution >= 0.6 is 11.8 Å². The van der Waals surface area contributed by atoms with Crippen molar-refractivity contribution >= 4 is 17.6 Å². The van der Waals surface area contributed by atoms with E-state index in [0.717, 1.165) is 18.0 Å². The Balaban J connectivity index is 1.94. The van der Waals surface area contributed by atoms with Crippen LogP contribution in [0.2, 0.25) is 0 Å². The highest BCUT2D eigenvalue weighted by atomic mass is 32.2. The van der Waals surface area contributed by atoms with Crippen LogP contribution < -0.4 is 5.32 Å². The molecule has 0 radical (unpaired) electrons. The van der Waals surface area contributed by atoms with Crippen molar-refractivity contribution in [3.8, 4) is 0 Å². The van der Waals surface area contributed by atoms with Gasteiger partial charge in [-0.25, -0.2) is 4.98 Å². The van der Waals surface area contributed by atoms with Gasteiger partial charge < -0.3 is 10.4 Å². The number of nitrogens with zero attached hydrogens (tertiary/aromatic N) is 1. The zero-order valence-corrected chi connectivity index (χ0v) is 10.3. The summed E-state index contributed by atoms with van der Waals surface area (Å²) in [5.74, 6) is 1.88. The molecule has 7 heteroatoms. The number of hydrogen-bond donors (Lipinski definition) is 2. The van der Waals surface area contributed by atoms with Crippen molar-refractivity contribution < 1.29 is 18.3 Å². The van der Waals surface area contributed by atoms with Crippen molar-refractivity contribution in [3.63, 3.8) is 0 Å². The lowest BCUT2D eigenvalue weighted by atomic mass is 10.0. The van der Waals surface area contributed by atoms with Crippen LogP contribution in [0.3, 0.4) is 0 Å². The number of nitrogens with one attached hydrogen (secondary N) is 1. The first kappa shape index (κ1) is 13.5. The first-order valence-electron chi connectivity index (χ1n) is 5.46. The number of anilines is 1. The van der Waals surface area contributed by atoms with Crippen LogP contribution in [0.25, 0.3) is 0 Å². The SMILES string of the molecule is OC1(CNc2ccc(C(F)(F)F)cn2)CCSC1. The van der Waals surface area contributed by atoms with E-state index in [4.69, 9.17) is 0 Å². The average Bonchev–Trinajstić information content (AvgIpc) is 2.74. The fraction of sp³-hybridized carbons (Fsp3) is 0.545. The standard InChI is InChI=1S/C11H13F3N2OS/c12-11(13,14)8-1-2-9(15-5-8)16-6-10(17)3-4-18-7-10/h1-2,5,17H,3-4,6-7H2,(H,15,16). The molecule has 1 aromatic heterocycles. The highest BCUT2D eigenvalue weighted by Gasteiger charge is 2.32. The Kier molecular flexibility index (Phi) is 3.72. The summed E-state index contributed by atoms with van der Waals surface area (Å²) in [7, 11) is 0. The molecule has 1 aliphatic rings. The van der Waals surface area contributed by atoms with Crippen molar-refractivity contribution in [2.45, 2.75) is 18.2 Å². The Morgan fingerprint density at radius 1 is 1.44 bits per heavy atom. The summed E-state index contributed by atoms with van der Waals surface area (Å²) in [6.07, 6.45) is -2.90. The summed E-state index contributed by atoms with van der Waals surface area (Å²) >= 11 is 1.66. The number of thioether (sulfide) groups is 1. The zero-order chi connectivity index (χ0) is 13.2. The van der Waals surface area contributed by atoms with E-state index in [1.165, 1.54) is 6.07 Å². The second kappa shape index (κ2) is 4.97. The molecule has 2 rings (SSSR count). The maximum Gasteiger partial charge on any atom is 0.417 e. The van der Waals surface area contributed by atoms with Crippen molar-refractivity contribution in [2.75, 3.05) is 23.4 Å². The van der Waals surface area contributed by atoms with Gasteiger partial charge in [-0.2, -0.15) is 24.9 Å². The van der Waals surface area contributed by atoms with E-state index in [1.807, 2.05) is 0 Å². The van der Waals surface area contributed by atoms with Gasteiger partial charge in [0.25, 0.3) is 0 Å². The Morgan fingerprint density at radius 3 is 2.72 bits per heavy atom. The van der Waals surface area contributed by atoms with Crippen molar-refractivity contribution in [3.05, 3.63) is 23.9 Å². The van der Waals surface area contributed by atoms with Gasteiger partial charge in [-0.3, -0.25) is 0 Å². The minimum atomic E-state index is -4.37. The molecular weight excluding hydrogens is 265 g/mol. The summed E-state index contributed by atoms with van der Waals surface area (Å²) in [4.78, 5) is 3.69. The van der Waals surface area contributed by atoms with Gasteiger partial charge in [0, 0.05) is 18.5 Å². The molecule has 1 aromatic rings. The summed E-state index contributed by atoms with van der Waals surface area (Å²) in [6.45, 7) is 0.304. The van der Waals surface area contributed by atoms with Crippen LogP contribution in [0.1, 0.15) is 12.0 Å². The van der Waals surface area contributed by atoms with Crippen molar-refractivity contribution in [2.24, 2.45) is 0 Å². The monoisotopic (exact) mass is 278 g/mol. The molecule has 3 nitrogen and oxygen atoms in total. The molecule has 0 aliphatic carbocycles. The van der Waals surface area contributed by atoms with Gasteiger partial charge in [0.15, 0.2) is 0 Å². The molecule has 0 aromatic carbocycles. The van der Waals surface area contributed by atoms with E-state index in [9.17, 15) is 18.3 Å². The van der Waals surface area contributed by atoms with Gasteiger partial charge in [0.2, 0.25) is 0 Å². The van der Waals surface area contributed by atoms with Gasteiger partial charge in [-0.1, -0.05) is 0 Å². The van der Waals surface area contributed by atoms with Gasteiger partial charge >= 0.3 is 6.18 Å². The van der Waals surface area contributed by atoms with Crippen LogP contribution in [-0.2, 0) is 6.18 Å². The smallest absolute Gasteiger partial charge is 0.387 e. The Bertz CT molecular complexity index is 402. The summed E-state index contributed by atoms with van der Waals surface area (Å²) < 4.78 is 36.9. The number of aliphatic hydroxyl groups is 1. The van der Waals surface area contributed by atoms with E-state index >= 15 is 0 Å². The number of rotatable bonds is 3. The molecule has 1 unspecified atom stereocenters. The van der Waals surface area contributed by atoms with E-state index < -0.39 is 17.3 Å². The third-order valence-corrected chi connectivity index (χ3v) is 4.01. The summed E-state index contributed by atoms with van der Waals surface area (Å²) in [5.41, 5.74) is -1.56. The predicted molar refractivity (Wildman–Crippen MR) is 64.6 cm³/mol. The maximum absolute atomic E-state index is 12.3. The van der Waals surface area contributed by atoms with Crippen molar-refractivity contribution in [1.29, 1.82) is 0 Å². The van der Waals surface area contributed by atoms with Crippen LogP contribution in [0.15, 0.2) is 18.3 Å². The van der Waals surface area contributed by atoms with E-state index in [1.54, 1.807) is 11.8 Å². The Labute approximate surface area is 107 Å². The highest BCUT2D eigenvalue weighted by molar-refractivity contribution is 7.99. The van der Waals surface area contributed by atoms with Crippen LogP contribution in [-0.4, -0.2) is 33.7 Å². The molecule has 1 saturated heterocycles. The normalized spacial score (nSPS) is 24.2. The molecule has 0 spiro atoms. The molecule has 1 fully saturated rings. The maximum atomic E-state index is 12.3. The lowest BCUT2D eigenvalue weighted by molar-refractivity contribution is -0.137. The molecule has 18 heavy (non-hydrogen) atoms. The molecule has 0 saturated carbocycles. The molecule has 100 valence electrons. The fourth-order valence-corrected chi connectivity index (χ4v) is 2.95. The van der Waals surface area contributed by atoms with Gasteiger partial charge in [0.05, 0.1) is 11.2 Å². The highest BCUT2D eigenvalue weighted by Crippen LogP contribution is 2.30. The third kappa shape index (κ3) is 3.29. The number of alkyl halides is 3. The average molecular weight is 278 g/mol. The number of aromatic nitrogens is 1. The second-order valence-electron chi connectivity index (χ2n) is 4.31. The first-order chi connectivity index (χ1) is 8.39. The Morgan fingerprint density at radius 2 is 2.22 bits per heavy atom. The third-order valence-electron chi connectivity index (χ3n) is 2.77. The van der Waals surface area contributed by atoms with Gasteiger partial charge in [-0.05, 0) is 24.3 Å². The molecule has 0 bridgehead atoms. The minimum Gasteiger partial charge on any atom is -0.387 e. The predicted octanol–water partition coefficient (Wildman–Crippen LogP) is 2.38. The fourth-order valence-electron chi connectivity index (χ4n) is 1.66. The van der Waals surface area contributed by atoms with Gasteiger partial charge in [0.1, 0.15) is 5.82 Å². The zero-order valence-electron chi connectivity index (χ0n) is 9.50. The van der Waals surface area contributed by atoms with Crippen LogP contribution in [0.4, 0.5) is 19.0 Å². The van der Waals surface area contributed by atoms with E-state index in [0.29, 0.717) is 24.5 Å². The Hall–Kier alpha value is -0.950. The molecule has 2 N–H and O–H groups in total. The van der Waals surface area contributed by atoms with Crippen LogP contribution in [0.5, 0.6) is 0 Å². The lowest BCUT2D eigenvalue weighted by Gasteiger charge is -2.21. The first-order valence-corrected chi connectivity index (χ1v) is 6.62. The second-order valence-corrected chi connectivity index (χ2v) is 5.42. The van der Waals surface area contributed by atoms with Gasteiger partial charge in [-0.15, -0.1) is 0 Å².